The van der Waals surface area contributed by atoms with Crippen LogP contribution in [0.15, 0.2) is 60.9 Å². The number of nitrogens with one attached hydrogen (secondary N) is 1. The van der Waals surface area contributed by atoms with E-state index < -0.39 is 0 Å². The van der Waals surface area contributed by atoms with Crippen molar-refractivity contribution in [3.8, 4) is 0 Å². The predicted octanol–water partition coefficient (Wildman–Crippen LogP) is 4.85. The van der Waals surface area contributed by atoms with E-state index in [2.05, 4.69) is 15.3 Å². The molecule has 0 aliphatic rings. The lowest BCUT2D eigenvalue weighted by Gasteiger charge is -2.20. The Balaban J connectivity index is 1.78. The SMILES string of the molecule is CCN(c1ccccc1)c1ncc(C(=O)Nc2cccc(Cl)c2C)cn1. The van der Waals surface area contributed by atoms with Crippen LogP contribution in [-0.2, 0) is 0 Å². The van der Waals surface area contributed by atoms with Gasteiger partial charge in [0.15, 0.2) is 0 Å². The molecule has 0 fully saturated rings. The summed E-state index contributed by atoms with van der Waals surface area (Å²) in [6.07, 6.45) is 3.06. The molecule has 3 rings (SSSR count). The minimum absolute atomic E-state index is 0.273. The van der Waals surface area contributed by atoms with Gasteiger partial charge >= 0.3 is 0 Å². The Morgan fingerprint density at radius 2 is 1.77 bits per heavy atom. The highest BCUT2D eigenvalue weighted by molar-refractivity contribution is 6.31. The normalized spacial score (nSPS) is 10.4. The average molecular weight is 367 g/mol. The maximum absolute atomic E-state index is 12.5. The van der Waals surface area contributed by atoms with Crippen LogP contribution in [-0.4, -0.2) is 22.4 Å². The topological polar surface area (TPSA) is 58.1 Å². The van der Waals surface area contributed by atoms with Crippen molar-refractivity contribution in [3.05, 3.63) is 77.1 Å². The number of para-hydroxylation sites is 1. The maximum Gasteiger partial charge on any atom is 0.258 e. The molecule has 0 saturated heterocycles. The summed E-state index contributed by atoms with van der Waals surface area (Å²) in [5.41, 5.74) is 2.88. The molecule has 6 heteroatoms. The summed E-state index contributed by atoms with van der Waals surface area (Å²) < 4.78 is 0. The van der Waals surface area contributed by atoms with Crippen LogP contribution in [0.3, 0.4) is 0 Å². The molecule has 1 N–H and O–H groups in total. The van der Waals surface area contributed by atoms with Crippen LogP contribution >= 0.6 is 11.6 Å². The molecule has 0 spiro atoms. The molecule has 1 heterocycles. The monoisotopic (exact) mass is 366 g/mol. The molecular weight excluding hydrogens is 348 g/mol. The smallest absolute Gasteiger partial charge is 0.258 e. The van der Waals surface area contributed by atoms with Crippen LogP contribution in [0.2, 0.25) is 5.02 Å². The van der Waals surface area contributed by atoms with E-state index in [-0.39, 0.29) is 5.91 Å². The van der Waals surface area contributed by atoms with Gasteiger partial charge in [0.25, 0.3) is 5.91 Å². The van der Waals surface area contributed by atoms with Gasteiger partial charge in [0, 0.05) is 35.3 Å². The Labute approximate surface area is 157 Å². The predicted molar refractivity (Wildman–Crippen MR) is 105 cm³/mol. The zero-order valence-corrected chi connectivity index (χ0v) is 15.4. The molecule has 0 saturated carbocycles. The van der Waals surface area contributed by atoms with Gasteiger partial charge in [-0.05, 0) is 43.7 Å². The fourth-order valence-corrected chi connectivity index (χ4v) is 2.74. The fraction of sp³-hybridized carbons (Fsp3) is 0.150. The second kappa shape index (κ2) is 7.97. The first-order valence-corrected chi connectivity index (χ1v) is 8.69. The van der Waals surface area contributed by atoms with Crippen LogP contribution in [0.4, 0.5) is 17.3 Å². The Bertz CT molecular complexity index is 897. The molecule has 0 aliphatic heterocycles. The molecule has 132 valence electrons. The van der Waals surface area contributed by atoms with Crippen molar-refractivity contribution in [3.63, 3.8) is 0 Å². The first-order valence-electron chi connectivity index (χ1n) is 8.31. The number of hydrogen-bond donors (Lipinski definition) is 1. The third-order valence-electron chi connectivity index (χ3n) is 4.04. The molecule has 0 atom stereocenters. The molecule has 0 bridgehead atoms. The number of anilines is 3. The van der Waals surface area contributed by atoms with Crippen molar-refractivity contribution in [2.45, 2.75) is 13.8 Å². The Hall–Kier alpha value is -2.92. The van der Waals surface area contributed by atoms with Crippen molar-refractivity contribution in [2.24, 2.45) is 0 Å². The lowest BCUT2D eigenvalue weighted by Crippen LogP contribution is -2.20. The van der Waals surface area contributed by atoms with Gasteiger partial charge in [0.05, 0.1) is 5.56 Å². The number of halogens is 1. The van der Waals surface area contributed by atoms with Gasteiger partial charge in [-0.1, -0.05) is 35.9 Å². The van der Waals surface area contributed by atoms with E-state index in [4.69, 9.17) is 11.6 Å². The zero-order chi connectivity index (χ0) is 18.5. The highest BCUT2D eigenvalue weighted by Crippen LogP contribution is 2.24. The van der Waals surface area contributed by atoms with Crippen molar-refractivity contribution in [1.82, 2.24) is 9.97 Å². The zero-order valence-electron chi connectivity index (χ0n) is 14.6. The van der Waals surface area contributed by atoms with Gasteiger partial charge in [-0.2, -0.15) is 0 Å². The largest absolute Gasteiger partial charge is 0.322 e. The summed E-state index contributed by atoms with van der Waals surface area (Å²) >= 11 is 6.09. The minimum atomic E-state index is -0.273. The summed E-state index contributed by atoms with van der Waals surface area (Å²) in [5, 5.41) is 3.45. The van der Waals surface area contributed by atoms with Gasteiger partial charge in [-0.25, -0.2) is 9.97 Å². The van der Waals surface area contributed by atoms with E-state index in [1.807, 2.05) is 55.1 Å². The molecule has 0 radical (unpaired) electrons. The number of carbonyl (C=O) groups excluding carboxylic acids is 1. The second-order valence-corrected chi connectivity index (χ2v) is 6.13. The lowest BCUT2D eigenvalue weighted by molar-refractivity contribution is 0.102. The van der Waals surface area contributed by atoms with E-state index in [0.717, 1.165) is 17.8 Å². The molecule has 5 nitrogen and oxygen atoms in total. The highest BCUT2D eigenvalue weighted by Gasteiger charge is 2.13. The molecule has 0 aliphatic carbocycles. The second-order valence-electron chi connectivity index (χ2n) is 5.72. The maximum atomic E-state index is 12.5. The Morgan fingerprint density at radius 1 is 1.08 bits per heavy atom. The van der Waals surface area contributed by atoms with Crippen LogP contribution in [0.5, 0.6) is 0 Å². The number of nitrogens with zero attached hydrogens (tertiary/aromatic N) is 3. The molecule has 0 unspecified atom stereocenters. The molecule has 1 amide bonds. The van der Waals surface area contributed by atoms with Crippen LogP contribution in [0.25, 0.3) is 0 Å². The van der Waals surface area contributed by atoms with E-state index in [0.29, 0.717) is 22.2 Å². The summed E-state index contributed by atoms with van der Waals surface area (Å²) in [6.45, 7) is 4.60. The van der Waals surface area contributed by atoms with Gasteiger partial charge in [-0.15, -0.1) is 0 Å². The number of rotatable bonds is 5. The van der Waals surface area contributed by atoms with Gasteiger partial charge < -0.3 is 10.2 Å². The number of benzene rings is 2. The summed E-state index contributed by atoms with van der Waals surface area (Å²) in [4.78, 5) is 23.1. The van der Waals surface area contributed by atoms with Crippen LogP contribution in [0.1, 0.15) is 22.8 Å². The summed E-state index contributed by atoms with van der Waals surface area (Å²) in [5.74, 6) is 0.277. The summed E-state index contributed by atoms with van der Waals surface area (Å²) in [6, 6.07) is 15.3. The van der Waals surface area contributed by atoms with Gasteiger partial charge in [0.2, 0.25) is 5.95 Å². The van der Waals surface area contributed by atoms with Gasteiger partial charge in [-0.3, -0.25) is 4.79 Å². The molecule has 2 aromatic carbocycles. The van der Waals surface area contributed by atoms with Crippen molar-refractivity contribution in [1.29, 1.82) is 0 Å². The third-order valence-corrected chi connectivity index (χ3v) is 4.45. The van der Waals surface area contributed by atoms with E-state index in [1.165, 1.54) is 12.4 Å². The highest BCUT2D eigenvalue weighted by atomic mass is 35.5. The quantitative estimate of drug-likeness (QED) is 0.701. The fourth-order valence-electron chi connectivity index (χ4n) is 2.56. The Kier molecular flexibility index (Phi) is 5.49. The molecule has 1 aromatic heterocycles. The third kappa shape index (κ3) is 3.83. The van der Waals surface area contributed by atoms with E-state index in [9.17, 15) is 4.79 Å². The van der Waals surface area contributed by atoms with Gasteiger partial charge in [0.1, 0.15) is 0 Å². The Morgan fingerprint density at radius 3 is 2.42 bits per heavy atom. The number of hydrogen-bond acceptors (Lipinski definition) is 4. The van der Waals surface area contributed by atoms with Crippen LogP contribution < -0.4 is 10.2 Å². The first kappa shape index (κ1) is 17.9. The molecule has 3 aromatic rings. The number of amides is 1. The van der Waals surface area contributed by atoms with E-state index in [1.54, 1.807) is 12.1 Å². The number of aromatic nitrogens is 2. The van der Waals surface area contributed by atoms with Crippen LogP contribution in [0, 0.1) is 6.92 Å². The van der Waals surface area contributed by atoms with Crippen molar-refractivity contribution < 1.29 is 4.79 Å². The van der Waals surface area contributed by atoms with Crippen molar-refractivity contribution in [2.75, 3.05) is 16.8 Å². The number of carbonyl (C=O) groups is 1. The minimum Gasteiger partial charge on any atom is -0.322 e. The average Bonchev–Trinajstić information content (AvgIpc) is 2.67. The van der Waals surface area contributed by atoms with Crippen molar-refractivity contribution >= 4 is 34.8 Å². The summed E-state index contributed by atoms with van der Waals surface area (Å²) in [7, 11) is 0. The lowest BCUT2D eigenvalue weighted by atomic mass is 10.2. The van der Waals surface area contributed by atoms with E-state index >= 15 is 0 Å². The molecular formula is C20H19ClN4O. The molecule has 26 heavy (non-hydrogen) atoms. The standard InChI is InChI=1S/C20H19ClN4O/c1-3-25(16-8-5-4-6-9-16)20-22-12-15(13-23-20)19(26)24-18-11-7-10-17(21)14(18)2/h4-13H,3H2,1-2H3,(H,24,26). The first-order chi connectivity index (χ1) is 12.6.